The van der Waals surface area contributed by atoms with Crippen molar-refractivity contribution in [3.63, 3.8) is 0 Å². The van der Waals surface area contributed by atoms with Crippen molar-refractivity contribution in [3.8, 4) is 0 Å². The van der Waals surface area contributed by atoms with Gasteiger partial charge in [-0.25, -0.2) is 4.98 Å². The Kier molecular flexibility index (Phi) is 2.92. The van der Waals surface area contributed by atoms with Gasteiger partial charge in [0.05, 0.1) is 11.2 Å². The number of piperidine rings is 1. The molecule has 0 radical (unpaired) electrons. The number of anilines is 1. The molecule has 0 aromatic carbocycles. The van der Waals surface area contributed by atoms with Gasteiger partial charge >= 0.3 is 0 Å². The summed E-state index contributed by atoms with van der Waals surface area (Å²) < 4.78 is 0. The van der Waals surface area contributed by atoms with Crippen molar-refractivity contribution < 1.29 is 9.90 Å². The third-order valence-electron chi connectivity index (χ3n) is 3.08. The van der Waals surface area contributed by atoms with Gasteiger partial charge in [-0.05, 0) is 31.9 Å². The largest absolute Gasteiger partial charge is 0.390 e. The number of hydrogen-bond donors (Lipinski definition) is 1. The molecule has 0 aliphatic carbocycles. The van der Waals surface area contributed by atoms with Crippen LogP contribution in [0.4, 0.5) is 5.82 Å². The fourth-order valence-electron chi connectivity index (χ4n) is 1.97. The third kappa shape index (κ3) is 2.22. The van der Waals surface area contributed by atoms with Crippen molar-refractivity contribution >= 4 is 12.1 Å². The van der Waals surface area contributed by atoms with Gasteiger partial charge < -0.3 is 10.0 Å². The van der Waals surface area contributed by atoms with Gasteiger partial charge in [0.15, 0.2) is 6.29 Å². The van der Waals surface area contributed by atoms with Crippen molar-refractivity contribution in [3.05, 3.63) is 23.9 Å². The molecule has 0 amide bonds. The molecule has 0 bridgehead atoms. The first-order chi connectivity index (χ1) is 7.62. The van der Waals surface area contributed by atoms with Gasteiger partial charge in [0.2, 0.25) is 0 Å². The minimum absolute atomic E-state index is 0.577. The first kappa shape index (κ1) is 11.1. The van der Waals surface area contributed by atoms with Crippen LogP contribution in [0.2, 0.25) is 0 Å². The smallest absolute Gasteiger partial charge is 0.153 e. The van der Waals surface area contributed by atoms with E-state index in [-0.39, 0.29) is 0 Å². The average Bonchev–Trinajstić information content (AvgIpc) is 2.29. The predicted octanol–water partition coefficient (Wildman–Crippen LogP) is 1.25. The van der Waals surface area contributed by atoms with E-state index in [4.69, 9.17) is 0 Å². The lowest BCUT2D eigenvalue weighted by molar-refractivity contribution is 0.0350. The normalized spacial score (nSPS) is 19.5. The van der Waals surface area contributed by atoms with Crippen molar-refractivity contribution in [1.29, 1.82) is 0 Å². The number of carbonyl (C=O) groups excluding carboxylic acids is 1. The van der Waals surface area contributed by atoms with E-state index < -0.39 is 5.60 Å². The fourth-order valence-corrected chi connectivity index (χ4v) is 1.97. The average molecular weight is 220 g/mol. The van der Waals surface area contributed by atoms with Gasteiger partial charge in [0.25, 0.3) is 0 Å². The van der Waals surface area contributed by atoms with Crippen molar-refractivity contribution in [2.24, 2.45) is 0 Å². The molecule has 0 saturated carbocycles. The Bertz CT molecular complexity index is 380. The topological polar surface area (TPSA) is 53.4 Å². The van der Waals surface area contributed by atoms with Crippen LogP contribution in [0.3, 0.4) is 0 Å². The number of rotatable bonds is 2. The molecule has 1 aliphatic rings. The Labute approximate surface area is 94.9 Å². The minimum atomic E-state index is -0.577. The number of aliphatic hydroxyl groups is 1. The molecular weight excluding hydrogens is 204 g/mol. The van der Waals surface area contributed by atoms with Gasteiger partial charge in [0, 0.05) is 19.3 Å². The molecule has 1 N–H and O–H groups in total. The van der Waals surface area contributed by atoms with Crippen LogP contribution in [-0.4, -0.2) is 35.1 Å². The van der Waals surface area contributed by atoms with E-state index in [2.05, 4.69) is 9.88 Å². The quantitative estimate of drug-likeness (QED) is 0.762. The summed E-state index contributed by atoms with van der Waals surface area (Å²) in [6, 6.07) is 3.52. The molecule has 1 aliphatic heterocycles. The number of aldehydes is 1. The van der Waals surface area contributed by atoms with Gasteiger partial charge in [-0.15, -0.1) is 0 Å². The van der Waals surface area contributed by atoms with E-state index in [1.54, 1.807) is 18.3 Å². The van der Waals surface area contributed by atoms with Gasteiger partial charge in [-0.3, -0.25) is 4.79 Å². The summed E-state index contributed by atoms with van der Waals surface area (Å²) in [4.78, 5) is 17.2. The molecule has 86 valence electrons. The van der Waals surface area contributed by atoms with E-state index in [9.17, 15) is 9.90 Å². The lowest BCUT2D eigenvalue weighted by Gasteiger charge is -2.36. The number of hydrogen-bond acceptors (Lipinski definition) is 4. The summed E-state index contributed by atoms with van der Waals surface area (Å²) in [7, 11) is 0. The second kappa shape index (κ2) is 4.22. The van der Waals surface area contributed by atoms with Crippen molar-refractivity contribution in [2.45, 2.75) is 25.4 Å². The van der Waals surface area contributed by atoms with Crippen LogP contribution in [0, 0.1) is 0 Å². The van der Waals surface area contributed by atoms with Gasteiger partial charge in [0.1, 0.15) is 5.82 Å². The minimum Gasteiger partial charge on any atom is -0.390 e. The van der Waals surface area contributed by atoms with E-state index in [1.165, 1.54) is 0 Å². The standard InChI is InChI=1S/C12H16N2O2/c1-12(16)4-7-14(8-5-12)11-10(9-15)3-2-6-13-11/h2-3,6,9,16H,4-5,7-8H2,1H3. The molecule has 2 rings (SSSR count). The van der Waals surface area contributed by atoms with Crippen LogP contribution < -0.4 is 4.90 Å². The molecule has 1 aromatic rings. The highest BCUT2D eigenvalue weighted by atomic mass is 16.3. The second-order valence-corrected chi connectivity index (χ2v) is 4.52. The SMILES string of the molecule is CC1(O)CCN(c2ncccc2C=O)CC1. The molecular formula is C12H16N2O2. The summed E-state index contributed by atoms with van der Waals surface area (Å²) in [5, 5.41) is 9.85. The number of carbonyl (C=O) groups is 1. The summed E-state index contributed by atoms with van der Waals surface area (Å²) in [6.07, 6.45) is 3.94. The highest BCUT2D eigenvalue weighted by Crippen LogP contribution is 2.25. The predicted molar refractivity (Wildman–Crippen MR) is 61.7 cm³/mol. The number of pyridine rings is 1. The van der Waals surface area contributed by atoms with E-state index in [1.807, 2.05) is 6.92 Å². The Morgan fingerprint density at radius 2 is 2.19 bits per heavy atom. The maximum atomic E-state index is 10.9. The molecule has 1 saturated heterocycles. The maximum Gasteiger partial charge on any atom is 0.153 e. The van der Waals surface area contributed by atoms with E-state index in [0.29, 0.717) is 18.4 Å². The first-order valence-electron chi connectivity index (χ1n) is 5.50. The van der Waals surface area contributed by atoms with Gasteiger partial charge in [-0.2, -0.15) is 0 Å². The Morgan fingerprint density at radius 1 is 1.50 bits per heavy atom. The van der Waals surface area contributed by atoms with Crippen LogP contribution in [0.1, 0.15) is 30.1 Å². The summed E-state index contributed by atoms with van der Waals surface area (Å²) in [6.45, 7) is 3.33. The molecule has 2 heterocycles. The van der Waals surface area contributed by atoms with Crippen molar-refractivity contribution in [2.75, 3.05) is 18.0 Å². The van der Waals surface area contributed by atoms with Crippen LogP contribution in [0.25, 0.3) is 0 Å². The number of aromatic nitrogens is 1. The highest BCUT2D eigenvalue weighted by Gasteiger charge is 2.28. The Balaban J connectivity index is 2.17. The zero-order valence-corrected chi connectivity index (χ0v) is 9.39. The van der Waals surface area contributed by atoms with E-state index >= 15 is 0 Å². The van der Waals surface area contributed by atoms with Crippen LogP contribution >= 0.6 is 0 Å². The summed E-state index contributed by atoms with van der Waals surface area (Å²) in [5.41, 5.74) is 0.0381. The molecule has 1 fully saturated rings. The summed E-state index contributed by atoms with van der Waals surface area (Å²) in [5.74, 6) is 0.730. The van der Waals surface area contributed by atoms with Crippen LogP contribution in [0.15, 0.2) is 18.3 Å². The Hall–Kier alpha value is -1.42. The lowest BCUT2D eigenvalue weighted by atomic mass is 9.94. The molecule has 4 nitrogen and oxygen atoms in total. The zero-order chi connectivity index (χ0) is 11.6. The molecule has 0 unspecified atom stereocenters. The lowest BCUT2D eigenvalue weighted by Crippen LogP contribution is -2.43. The highest BCUT2D eigenvalue weighted by molar-refractivity contribution is 5.82. The van der Waals surface area contributed by atoms with Gasteiger partial charge in [-0.1, -0.05) is 0 Å². The Morgan fingerprint density at radius 3 is 2.81 bits per heavy atom. The van der Waals surface area contributed by atoms with E-state index in [0.717, 1.165) is 25.2 Å². The third-order valence-corrected chi connectivity index (χ3v) is 3.08. The fraction of sp³-hybridized carbons (Fsp3) is 0.500. The molecule has 0 atom stereocenters. The molecule has 4 heteroatoms. The van der Waals surface area contributed by atoms with Crippen molar-refractivity contribution in [1.82, 2.24) is 4.98 Å². The second-order valence-electron chi connectivity index (χ2n) is 4.52. The first-order valence-corrected chi connectivity index (χ1v) is 5.50. The van der Waals surface area contributed by atoms with Crippen LogP contribution in [0.5, 0.6) is 0 Å². The zero-order valence-electron chi connectivity index (χ0n) is 9.39. The number of nitrogens with zero attached hydrogens (tertiary/aromatic N) is 2. The van der Waals surface area contributed by atoms with Crippen LogP contribution in [-0.2, 0) is 0 Å². The monoisotopic (exact) mass is 220 g/mol. The maximum absolute atomic E-state index is 10.9. The molecule has 16 heavy (non-hydrogen) atoms. The molecule has 0 spiro atoms. The summed E-state index contributed by atoms with van der Waals surface area (Å²) >= 11 is 0. The molecule has 1 aromatic heterocycles.